The molecule has 1 aromatic heterocycles. The van der Waals surface area contributed by atoms with E-state index in [2.05, 4.69) is 10.4 Å². The summed E-state index contributed by atoms with van der Waals surface area (Å²) in [5.41, 5.74) is 1.57. The van der Waals surface area contributed by atoms with Crippen molar-refractivity contribution in [2.45, 2.75) is 13.5 Å². The maximum atomic E-state index is 13.2. The van der Waals surface area contributed by atoms with Gasteiger partial charge in [0.2, 0.25) is 0 Å². The highest BCUT2D eigenvalue weighted by atomic mass is 35.5. The average molecular weight is 424 g/mol. The molecule has 30 heavy (non-hydrogen) atoms. The van der Waals surface area contributed by atoms with Crippen molar-refractivity contribution in [1.29, 1.82) is 0 Å². The summed E-state index contributed by atoms with van der Waals surface area (Å²) < 4.78 is 20.5. The Hall–Kier alpha value is -3.38. The van der Waals surface area contributed by atoms with Gasteiger partial charge in [0.15, 0.2) is 12.4 Å². The number of benzene rings is 3. The zero-order valence-corrected chi connectivity index (χ0v) is 17.0. The lowest BCUT2D eigenvalue weighted by molar-refractivity contribution is -0.118. The van der Waals surface area contributed by atoms with Crippen molar-refractivity contribution < 1.29 is 13.9 Å². The molecule has 0 aliphatic carbocycles. The quantitative estimate of drug-likeness (QED) is 0.463. The monoisotopic (exact) mass is 423 g/mol. The number of hydrogen-bond donors (Lipinski definition) is 1. The van der Waals surface area contributed by atoms with E-state index in [0.717, 1.165) is 22.0 Å². The Bertz CT molecular complexity index is 1220. The van der Waals surface area contributed by atoms with Crippen LogP contribution in [-0.2, 0) is 11.3 Å². The molecule has 1 amide bonds. The highest BCUT2D eigenvalue weighted by molar-refractivity contribution is 6.31. The van der Waals surface area contributed by atoms with Crippen LogP contribution in [0.5, 0.6) is 5.75 Å². The van der Waals surface area contributed by atoms with E-state index in [0.29, 0.717) is 23.1 Å². The van der Waals surface area contributed by atoms with Crippen LogP contribution in [0.4, 0.5) is 10.2 Å². The number of nitrogens with zero attached hydrogens (tertiary/aromatic N) is 2. The number of fused-ring (bicyclic) bond motifs is 1. The second kappa shape index (κ2) is 8.55. The molecule has 0 saturated carbocycles. The maximum Gasteiger partial charge on any atom is 0.263 e. The number of amides is 1. The van der Waals surface area contributed by atoms with Crippen molar-refractivity contribution in [2.75, 3.05) is 11.9 Å². The summed E-state index contributed by atoms with van der Waals surface area (Å²) in [6.45, 7) is 2.11. The molecule has 152 valence electrons. The summed E-state index contributed by atoms with van der Waals surface area (Å²) in [5, 5.41) is 9.60. The summed E-state index contributed by atoms with van der Waals surface area (Å²) in [4.78, 5) is 12.3. The molecule has 0 atom stereocenters. The van der Waals surface area contributed by atoms with Gasteiger partial charge in [-0.05, 0) is 47.5 Å². The number of hydrogen-bond acceptors (Lipinski definition) is 3. The topological polar surface area (TPSA) is 56.1 Å². The number of nitrogens with one attached hydrogen (secondary N) is 1. The van der Waals surface area contributed by atoms with Crippen LogP contribution in [0.15, 0.2) is 66.7 Å². The van der Waals surface area contributed by atoms with Crippen LogP contribution in [0.2, 0.25) is 5.02 Å². The van der Waals surface area contributed by atoms with Crippen LogP contribution in [0.25, 0.3) is 10.8 Å². The Morgan fingerprint density at radius 3 is 2.70 bits per heavy atom. The zero-order valence-electron chi connectivity index (χ0n) is 16.2. The van der Waals surface area contributed by atoms with Crippen molar-refractivity contribution in [2.24, 2.45) is 0 Å². The molecule has 1 heterocycles. The first-order valence-electron chi connectivity index (χ1n) is 9.38. The molecule has 4 aromatic rings. The summed E-state index contributed by atoms with van der Waals surface area (Å²) in [7, 11) is 0. The Kier molecular flexibility index (Phi) is 5.68. The fourth-order valence-corrected chi connectivity index (χ4v) is 3.35. The van der Waals surface area contributed by atoms with E-state index in [1.807, 2.05) is 49.4 Å². The van der Waals surface area contributed by atoms with Crippen LogP contribution in [-0.4, -0.2) is 22.3 Å². The lowest BCUT2D eigenvalue weighted by atomic mass is 10.1. The van der Waals surface area contributed by atoms with Gasteiger partial charge >= 0.3 is 0 Å². The van der Waals surface area contributed by atoms with E-state index in [9.17, 15) is 9.18 Å². The minimum absolute atomic E-state index is 0.131. The van der Waals surface area contributed by atoms with Gasteiger partial charge in [-0.3, -0.25) is 9.48 Å². The summed E-state index contributed by atoms with van der Waals surface area (Å²) >= 11 is 6.09. The molecular formula is C23H19ClFN3O2. The first-order chi connectivity index (χ1) is 14.5. The molecule has 0 bridgehead atoms. The second-order valence-electron chi connectivity index (χ2n) is 6.91. The third-order valence-corrected chi connectivity index (χ3v) is 5.03. The molecule has 0 saturated heterocycles. The highest BCUT2D eigenvalue weighted by Crippen LogP contribution is 2.21. The zero-order chi connectivity index (χ0) is 21.1. The number of aryl methyl sites for hydroxylation is 1. The van der Waals surface area contributed by atoms with Crippen LogP contribution in [0.3, 0.4) is 0 Å². The van der Waals surface area contributed by atoms with Gasteiger partial charge in [0.05, 0.1) is 6.54 Å². The Morgan fingerprint density at radius 1 is 1.10 bits per heavy atom. The molecule has 0 aliphatic heterocycles. The van der Waals surface area contributed by atoms with Gasteiger partial charge in [0.25, 0.3) is 5.91 Å². The number of rotatable bonds is 6. The van der Waals surface area contributed by atoms with Gasteiger partial charge in [0, 0.05) is 16.8 Å². The van der Waals surface area contributed by atoms with Crippen molar-refractivity contribution in [1.82, 2.24) is 9.78 Å². The number of aromatic nitrogens is 2. The molecule has 0 aliphatic rings. The Balaban J connectivity index is 1.37. The van der Waals surface area contributed by atoms with Crippen molar-refractivity contribution in [3.8, 4) is 5.75 Å². The van der Waals surface area contributed by atoms with Crippen molar-refractivity contribution >= 4 is 34.1 Å². The Labute approximate surface area is 178 Å². The summed E-state index contributed by atoms with van der Waals surface area (Å²) in [6.07, 6.45) is 0. The van der Waals surface area contributed by atoms with Crippen LogP contribution < -0.4 is 10.1 Å². The number of carbonyl (C=O) groups is 1. The molecular weight excluding hydrogens is 405 g/mol. The second-order valence-corrected chi connectivity index (χ2v) is 7.32. The van der Waals surface area contributed by atoms with E-state index >= 15 is 0 Å². The average Bonchev–Trinajstić information content (AvgIpc) is 3.07. The SMILES string of the molecule is Cc1cc(NC(=O)COc2ccc3ccccc3c2)nn1Cc1ccc(F)cc1Cl. The van der Waals surface area contributed by atoms with Crippen LogP contribution in [0.1, 0.15) is 11.3 Å². The lowest BCUT2D eigenvalue weighted by Gasteiger charge is -2.08. The summed E-state index contributed by atoms with van der Waals surface area (Å²) in [5.74, 6) is 0.335. The van der Waals surface area contributed by atoms with Gasteiger partial charge < -0.3 is 10.1 Å². The van der Waals surface area contributed by atoms with Crippen molar-refractivity contribution in [3.05, 3.63) is 88.8 Å². The molecule has 0 fully saturated rings. The predicted molar refractivity (Wildman–Crippen MR) is 116 cm³/mol. The van der Waals surface area contributed by atoms with E-state index in [-0.39, 0.29) is 18.3 Å². The maximum absolute atomic E-state index is 13.2. The van der Waals surface area contributed by atoms with Crippen molar-refractivity contribution in [3.63, 3.8) is 0 Å². The van der Waals surface area contributed by atoms with E-state index in [4.69, 9.17) is 16.3 Å². The third kappa shape index (κ3) is 4.60. The molecule has 0 radical (unpaired) electrons. The number of ether oxygens (including phenoxy) is 1. The molecule has 0 spiro atoms. The van der Waals surface area contributed by atoms with Crippen LogP contribution in [0, 0.1) is 12.7 Å². The van der Waals surface area contributed by atoms with Gasteiger partial charge in [-0.2, -0.15) is 5.10 Å². The third-order valence-electron chi connectivity index (χ3n) is 4.67. The fourth-order valence-electron chi connectivity index (χ4n) is 3.13. The normalized spacial score (nSPS) is 10.9. The predicted octanol–water partition coefficient (Wildman–Crippen LogP) is 5.20. The van der Waals surface area contributed by atoms with Gasteiger partial charge in [-0.25, -0.2) is 4.39 Å². The molecule has 0 unspecified atom stereocenters. The number of anilines is 1. The van der Waals surface area contributed by atoms with E-state index in [1.54, 1.807) is 16.8 Å². The standard InChI is InChI=1S/C23H19ClFN3O2/c1-15-10-22(27-28(15)13-18-6-8-19(25)12-21(18)24)26-23(29)14-30-20-9-7-16-4-2-3-5-17(16)11-20/h2-12H,13-14H2,1H3,(H,26,27,29). The Morgan fingerprint density at radius 2 is 1.90 bits per heavy atom. The number of halogens is 2. The molecule has 5 nitrogen and oxygen atoms in total. The number of carbonyl (C=O) groups excluding carboxylic acids is 1. The fraction of sp³-hybridized carbons (Fsp3) is 0.130. The molecule has 4 rings (SSSR count). The molecule has 3 aromatic carbocycles. The van der Waals surface area contributed by atoms with Crippen LogP contribution >= 0.6 is 11.6 Å². The lowest BCUT2D eigenvalue weighted by Crippen LogP contribution is -2.20. The minimum Gasteiger partial charge on any atom is -0.484 e. The van der Waals surface area contributed by atoms with E-state index in [1.165, 1.54) is 12.1 Å². The largest absolute Gasteiger partial charge is 0.484 e. The minimum atomic E-state index is -0.389. The van der Waals surface area contributed by atoms with E-state index < -0.39 is 0 Å². The van der Waals surface area contributed by atoms with Gasteiger partial charge in [-0.15, -0.1) is 0 Å². The van der Waals surface area contributed by atoms with Gasteiger partial charge in [0.1, 0.15) is 11.6 Å². The summed E-state index contributed by atoms with van der Waals surface area (Å²) in [6, 6.07) is 19.6. The molecule has 1 N–H and O–H groups in total. The smallest absolute Gasteiger partial charge is 0.263 e. The van der Waals surface area contributed by atoms with Gasteiger partial charge in [-0.1, -0.05) is 48.0 Å². The highest BCUT2D eigenvalue weighted by Gasteiger charge is 2.11. The first-order valence-corrected chi connectivity index (χ1v) is 9.75. The molecule has 7 heteroatoms. The first kappa shape index (κ1) is 19.9.